The van der Waals surface area contributed by atoms with Crippen LogP contribution in [-0.4, -0.2) is 30.6 Å². The lowest BCUT2D eigenvalue weighted by molar-refractivity contribution is 0.0658. The van der Waals surface area contributed by atoms with Crippen molar-refractivity contribution in [1.29, 1.82) is 0 Å². The Morgan fingerprint density at radius 3 is 2.78 bits per heavy atom. The Morgan fingerprint density at radius 1 is 1.26 bits per heavy atom. The van der Waals surface area contributed by atoms with Crippen molar-refractivity contribution in [3.63, 3.8) is 0 Å². The van der Waals surface area contributed by atoms with Crippen LogP contribution in [0.25, 0.3) is 0 Å². The van der Waals surface area contributed by atoms with Crippen LogP contribution in [0.1, 0.15) is 32.1 Å². The van der Waals surface area contributed by atoms with Crippen molar-refractivity contribution in [3.05, 3.63) is 17.2 Å². The van der Waals surface area contributed by atoms with E-state index in [1.165, 1.54) is 0 Å². The molecule has 0 saturated heterocycles. The number of halogens is 1. The summed E-state index contributed by atoms with van der Waals surface area (Å²) in [4.78, 5) is 12.0. The minimum Gasteiger partial charge on any atom is -0.454 e. The summed E-state index contributed by atoms with van der Waals surface area (Å²) in [6.45, 7) is 0.681. The summed E-state index contributed by atoms with van der Waals surface area (Å²) in [5, 5.41) is 15.8. The molecule has 23 heavy (non-hydrogen) atoms. The van der Waals surface area contributed by atoms with E-state index in [-0.39, 0.29) is 24.8 Å². The third-order valence-corrected chi connectivity index (χ3v) is 4.69. The minimum absolute atomic E-state index is 0.158. The lowest BCUT2D eigenvalue weighted by atomic mass is 9.84. The van der Waals surface area contributed by atoms with Crippen molar-refractivity contribution >= 4 is 23.3 Å². The molecule has 7 heteroatoms. The predicted octanol–water partition coefficient (Wildman–Crippen LogP) is 3.13. The predicted molar refractivity (Wildman–Crippen MR) is 87.2 cm³/mol. The second-order valence-corrected chi connectivity index (χ2v) is 6.37. The van der Waals surface area contributed by atoms with E-state index in [0.29, 0.717) is 28.8 Å². The normalized spacial score (nSPS) is 22.7. The van der Waals surface area contributed by atoms with Gasteiger partial charge in [-0.1, -0.05) is 24.4 Å². The van der Waals surface area contributed by atoms with E-state index in [4.69, 9.17) is 21.1 Å². The summed E-state index contributed by atoms with van der Waals surface area (Å²) in [5.74, 6) is 1.42. The number of aliphatic hydroxyl groups is 1. The Labute approximate surface area is 140 Å². The van der Waals surface area contributed by atoms with Gasteiger partial charge in [-0.3, -0.25) is 0 Å². The van der Waals surface area contributed by atoms with Gasteiger partial charge in [0.05, 0.1) is 16.8 Å². The largest absolute Gasteiger partial charge is 0.454 e. The first-order valence-electron chi connectivity index (χ1n) is 7.95. The van der Waals surface area contributed by atoms with Crippen molar-refractivity contribution in [2.45, 2.75) is 38.2 Å². The van der Waals surface area contributed by atoms with Gasteiger partial charge in [0.15, 0.2) is 11.5 Å². The molecule has 1 aromatic carbocycles. The van der Waals surface area contributed by atoms with Gasteiger partial charge in [-0.2, -0.15) is 0 Å². The number of fused-ring (bicyclic) bond motifs is 1. The Morgan fingerprint density at radius 2 is 2.00 bits per heavy atom. The molecule has 1 fully saturated rings. The van der Waals surface area contributed by atoms with Crippen molar-refractivity contribution in [2.24, 2.45) is 5.92 Å². The lowest BCUT2D eigenvalue weighted by Crippen LogP contribution is -2.33. The fourth-order valence-corrected chi connectivity index (χ4v) is 3.28. The molecule has 1 aliphatic heterocycles. The highest BCUT2D eigenvalue weighted by atomic mass is 35.5. The number of amides is 2. The van der Waals surface area contributed by atoms with Crippen molar-refractivity contribution in [3.8, 4) is 11.5 Å². The average Bonchev–Trinajstić information content (AvgIpc) is 2.96. The van der Waals surface area contributed by atoms with Crippen molar-refractivity contribution in [1.82, 2.24) is 5.32 Å². The first-order valence-corrected chi connectivity index (χ1v) is 8.33. The second kappa shape index (κ2) is 7.27. The first kappa shape index (κ1) is 16.2. The van der Waals surface area contributed by atoms with Gasteiger partial charge in [0, 0.05) is 18.7 Å². The molecule has 3 N–H and O–H groups in total. The monoisotopic (exact) mass is 340 g/mol. The quantitative estimate of drug-likeness (QED) is 0.786. The molecule has 1 aliphatic carbocycles. The van der Waals surface area contributed by atoms with Crippen molar-refractivity contribution in [2.75, 3.05) is 18.7 Å². The molecule has 126 valence electrons. The van der Waals surface area contributed by atoms with Crippen LogP contribution < -0.4 is 20.1 Å². The maximum absolute atomic E-state index is 12.0. The van der Waals surface area contributed by atoms with Crippen LogP contribution in [0.5, 0.6) is 11.5 Å². The smallest absolute Gasteiger partial charge is 0.319 e. The zero-order valence-electron chi connectivity index (χ0n) is 12.8. The molecular weight excluding hydrogens is 320 g/mol. The van der Waals surface area contributed by atoms with Crippen LogP contribution >= 0.6 is 11.6 Å². The number of carbonyl (C=O) groups excluding carboxylic acids is 1. The van der Waals surface area contributed by atoms with E-state index in [0.717, 1.165) is 32.1 Å². The lowest BCUT2D eigenvalue weighted by Gasteiger charge is -2.27. The molecule has 1 aromatic rings. The number of hydrogen-bond donors (Lipinski definition) is 3. The molecule has 2 amide bonds. The summed E-state index contributed by atoms with van der Waals surface area (Å²) in [5.41, 5.74) is 0.478. The van der Waals surface area contributed by atoms with Crippen LogP contribution in [-0.2, 0) is 0 Å². The zero-order chi connectivity index (χ0) is 16.2. The molecule has 6 nitrogen and oxygen atoms in total. The summed E-state index contributed by atoms with van der Waals surface area (Å²) in [6, 6.07) is 2.95. The molecule has 1 heterocycles. The molecule has 2 atom stereocenters. The highest BCUT2D eigenvalue weighted by Crippen LogP contribution is 2.39. The van der Waals surface area contributed by atoms with Gasteiger partial charge >= 0.3 is 6.03 Å². The average molecular weight is 341 g/mol. The van der Waals surface area contributed by atoms with Crippen LogP contribution in [0, 0.1) is 5.92 Å². The van der Waals surface area contributed by atoms with Crippen molar-refractivity contribution < 1.29 is 19.4 Å². The molecule has 0 radical (unpaired) electrons. The highest BCUT2D eigenvalue weighted by Gasteiger charge is 2.22. The Balaban J connectivity index is 1.48. The summed E-state index contributed by atoms with van der Waals surface area (Å²) in [6.07, 6.45) is 4.68. The first-order chi connectivity index (χ1) is 11.1. The fraction of sp³-hybridized carbons (Fsp3) is 0.562. The maximum Gasteiger partial charge on any atom is 0.319 e. The number of ether oxygens (including phenoxy) is 2. The third-order valence-electron chi connectivity index (χ3n) is 4.38. The number of hydrogen-bond acceptors (Lipinski definition) is 4. The third kappa shape index (κ3) is 4.00. The number of nitrogens with one attached hydrogen (secondary N) is 2. The molecule has 0 spiro atoms. The summed E-state index contributed by atoms with van der Waals surface area (Å²) >= 11 is 6.12. The number of anilines is 1. The fourth-order valence-electron chi connectivity index (χ4n) is 3.08. The number of carbonyl (C=O) groups is 1. The molecule has 2 aliphatic rings. The number of rotatable bonds is 4. The van der Waals surface area contributed by atoms with E-state index in [2.05, 4.69) is 10.6 Å². The van der Waals surface area contributed by atoms with E-state index >= 15 is 0 Å². The molecule has 1 saturated carbocycles. The van der Waals surface area contributed by atoms with Gasteiger partial charge in [0.1, 0.15) is 0 Å². The topological polar surface area (TPSA) is 79.8 Å². The van der Waals surface area contributed by atoms with Crippen LogP contribution in [0.3, 0.4) is 0 Å². The number of benzene rings is 1. The molecule has 0 unspecified atom stereocenters. The minimum atomic E-state index is -0.323. The van der Waals surface area contributed by atoms with Gasteiger partial charge < -0.3 is 25.2 Å². The van der Waals surface area contributed by atoms with Crippen LogP contribution in [0.4, 0.5) is 10.5 Å². The van der Waals surface area contributed by atoms with Gasteiger partial charge in [-0.15, -0.1) is 0 Å². The number of aliphatic hydroxyl groups excluding tert-OH is 1. The van der Waals surface area contributed by atoms with Gasteiger partial charge in [0.2, 0.25) is 6.79 Å². The van der Waals surface area contributed by atoms with Gasteiger partial charge in [0.25, 0.3) is 0 Å². The standard InChI is InChI=1S/C16H21ClN2O4/c17-11-7-14-15(23-9-22-14)8-12(11)19-16(21)18-6-5-10-3-1-2-4-13(10)20/h7-8,10,13,20H,1-6,9H2,(H2,18,19,21)/t10-,13-/m1/s1. The van der Waals surface area contributed by atoms with Crippen LogP contribution in [0.2, 0.25) is 5.02 Å². The van der Waals surface area contributed by atoms with E-state index in [1.54, 1.807) is 12.1 Å². The summed E-state index contributed by atoms with van der Waals surface area (Å²) < 4.78 is 10.5. The van der Waals surface area contributed by atoms with E-state index in [9.17, 15) is 9.90 Å². The van der Waals surface area contributed by atoms with E-state index < -0.39 is 0 Å². The maximum atomic E-state index is 12.0. The number of urea groups is 1. The van der Waals surface area contributed by atoms with Gasteiger partial charge in [-0.25, -0.2) is 4.79 Å². The molecule has 3 rings (SSSR count). The van der Waals surface area contributed by atoms with Crippen LogP contribution in [0.15, 0.2) is 12.1 Å². The highest BCUT2D eigenvalue weighted by molar-refractivity contribution is 6.34. The molecule has 0 bridgehead atoms. The SMILES string of the molecule is O=C(NCC[C@H]1CCCC[C@H]1O)Nc1cc2c(cc1Cl)OCO2. The zero-order valence-corrected chi connectivity index (χ0v) is 13.6. The Bertz CT molecular complexity index is 581. The molecule has 0 aromatic heterocycles. The van der Waals surface area contributed by atoms with E-state index in [1.807, 2.05) is 0 Å². The Hall–Kier alpha value is -1.66. The summed E-state index contributed by atoms with van der Waals surface area (Å²) in [7, 11) is 0. The second-order valence-electron chi connectivity index (χ2n) is 5.97. The molecular formula is C16H21ClN2O4. The van der Waals surface area contributed by atoms with Gasteiger partial charge in [-0.05, 0) is 25.2 Å². The Kier molecular flexibility index (Phi) is 5.13.